The summed E-state index contributed by atoms with van der Waals surface area (Å²) in [4.78, 5) is 18.2. The predicted octanol–water partition coefficient (Wildman–Crippen LogP) is 0.788. The van der Waals surface area contributed by atoms with Gasteiger partial charge in [-0.05, 0) is 24.0 Å². The number of benzene rings is 1. The van der Waals surface area contributed by atoms with Crippen molar-refractivity contribution in [2.45, 2.75) is 18.9 Å². The van der Waals surface area contributed by atoms with Crippen molar-refractivity contribution in [1.29, 1.82) is 0 Å². The number of carboxylic acid groups (broad SMARTS) is 2. The summed E-state index contributed by atoms with van der Waals surface area (Å²) < 4.78 is 0. The monoisotopic (exact) mass is 223 g/mol. The van der Waals surface area contributed by atoms with Crippen molar-refractivity contribution in [2.75, 3.05) is 0 Å². The summed E-state index contributed by atoms with van der Waals surface area (Å²) in [6, 6.07) is 8.74. The molecule has 2 rings (SSSR count). The fraction of sp³-hybridized carbons (Fsp3) is 0.273. The predicted molar refractivity (Wildman–Crippen MR) is 57.0 cm³/mol. The van der Waals surface area contributed by atoms with Gasteiger partial charge in [0.1, 0.15) is 0 Å². The van der Waals surface area contributed by atoms with E-state index in [2.05, 4.69) is 24.3 Å². The van der Waals surface area contributed by atoms with Crippen molar-refractivity contribution >= 4 is 11.9 Å². The first kappa shape index (κ1) is 12.2. The van der Waals surface area contributed by atoms with Gasteiger partial charge in [0, 0.05) is 6.04 Å². The Morgan fingerprint density at radius 3 is 2.25 bits per heavy atom. The summed E-state index contributed by atoms with van der Waals surface area (Å²) in [5.74, 6) is -3.65. The zero-order chi connectivity index (χ0) is 12.1. The molecule has 1 aliphatic carbocycles. The van der Waals surface area contributed by atoms with Gasteiger partial charge in [-0.15, -0.1) is 0 Å². The number of rotatable bonds is 0. The van der Waals surface area contributed by atoms with E-state index in [0.29, 0.717) is 6.04 Å². The van der Waals surface area contributed by atoms with Crippen molar-refractivity contribution < 1.29 is 19.8 Å². The van der Waals surface area contributed by atoms with E-state index in [1.54, 1.807) is 0 Å². The van der Waals surface area contributed by atoms with Gasteiger partial charge < -0.3 is 15.9 Å². The molecule has 0 aliphatic heterocycles. The molecule has 1 unspecified atom stereocenters. The lowest BCUT2D eigenvalue weighted by Crippen LogP contribution is -2.09. The van der Waals surface area contributed by atoms with Crippen molar-refractivity contribution in [3.8, 4) is 0 Å². The Balaban J connectivity index is 0.000000187. The molecule has 0 aromatic heterocycles. The molecule has 0 saturated heterocycles. The maximum absolute atomic E-state index is 9.10. The number of fused-ring (bicyclic) bond motifs is 1. The number of nitrogens with two attached hydrogens (primary N) is 1. The van der Waals surface area contributed by atoms with Gasteiger partial charge in [-0.2, -0.15) is 0 Å². The second-order valence-corrected chi connectivity index (χ2v) is 3.45. The highest BCUT2D eigenvalue weighted by Crippen LogP contribution is 2.28. The molecule has 0 radical (unpaired) electrons. The molecule has 5 nitrogen and oxygen atoms in total. The number of aryl methyl sites for hydroxylation is 1. The highest BCUT2D eigenvalue weighted by Gasteiger charge is 2.16. The molecule has 1 aliphatic rings. The summed E-state index contributed by atoms with van der Waals surface area (Å²) in [5.41, 5.74) is 8.64. The summed E-state index contributed by atoms with van der Waals surface area (Å²) >= 11 is 0. The number of carbonyl (C=O) groups is 2. The van der Waals surface area contributed by atoms with Gasteiger partial charge in [-0.25, -0.2) is 9.59 Å². The van der Waals surface area contributed by atoms with Crippen LogP contribution in [-0.4, -0.2) is 22.2 Å². The molecule has 16 heavy (non-hydrogen) atoms. The molecule has 86 valence electrons. The lowest BCUT2D eigenvalue weighted by molar-refractivity contribution is -0.159. The summed E-state index contributed by atoms with van der Waals surface area (Å²) in [5, 5.41) is 14.8. The van der Waals surface area contributed by atoms with Gasteiger partial charge in [-0.3, -0.25) is 0 Å². The summed E-state index contributed by atoms with van der Waals surface area (Å²) in [7, 11) is 0. The van der Waals surface area contributed by atoms with E-state index in [1.165, 1.54) is 11.1 Å². The first-order valence-electron chi connectivity index (χ1n) is 4.82. The third-order valence-corrected chi connectivity index (χ3v) is 2.36. The number of hydrogen-bond acceptors (Lipinski definition) is 3. The smallest absolute Gasteiger partial charge is 0.414 e. The molecule has 0 fully saturated rings. The first-order valence-corrected chi connectivity index (χ1v) is 4.82. The quantitative estimate of drug-likeness (QED) is 0.564. The second-order valence-electron chi connectivity index (χ2n) is 3.45. The van der Waals surface area contributed by atoms with E-state index >= 15 is 0 Å². The van der Waals surface area contributed by atoms with Crippen molar-refractivity contribution in [1.82, 2.24) is 0 Å². The molecule has 0 amide bonds. The van der Waals surface area contributed by atoms with Gasteiger partial charge in [0.25, 0.3) is 0 Å². The zero-order valence-corrected chi connectivity index (χ0v) is 8.59. The Hall–Kier alpha value is -1.88. The zero-order valence-electron chi connectivity index (χ0n) is 8.59. The van der Waals surface area contributed by atoms with Crippen LogP contribution in [0.1, 0.15) is 23.6 Å². The van der Waals surface area contributed by atoms with Crippen LogP contribution in [0.2, 0.25) is 0 Å². The topological polar surface area (TPSA) is 101 Å². The Bertz CT molecular complexity index is 391. The number of aliphatic carboxylic acids is 2. The largest absolute Gasteiger partial charge is 0.473 e. The first-order chi connectivity index (χ1) is 7.52. The molecule has 0 bridgehead atoms. The van der Waals surface area contributed by atoms with Crippen LogP contribution in [0.15, 0.2) is 24.3 Å². The van der Waals surface area contributed by atoms with Crippen molar-refractivity contribution in [3.63, 3.8) is 0 Å². The maximum Gasteiger partial charge on any atom is 0.414 e. The SMILES string of the molecule is NC1CCc2ccccc21.O=C(O)C(=O)O. The third-order valence-electron chi connectivity index (χ3n) is 2.36. The molecule has 5 heteroatoms. The number of hydrogen-bond donors (Lipinski definition) is 3. The van der Waals surface area contributed by atoms with Crippen LogP contribution in [-0.2, 0) is 16.0 Å². The minimum Gasteiger partial charge on any atom is -0.473 e. The van der Waals surface area contributed by atoms with Crippen LogP contribution >= 0.6 is 0 Å². The van der Waals surface area contributed by atoms with Gasteiger partial charge in [0.2, 0.25) is 0 Å². The van der Waals surface area contributed by atoms with Crippen LogP contribution in [0.25, 0.3) is 0 Å². The molecule has 0 saturated carbocycles. The minimum absolute atomic E-state index is 0.302. The van der Waals surface area contributed by atoms with Gasteiger partial charge >= 0.3 is 11.9 Å². The lowest BCUT2D eigenvalue weighted by Gasteiger charge is -2.01. The van der Waals surface area contributed by atoms with E-state index in [-0.39, 0.29) is 0 Å². The lowest BCUT2D eigenvalue weighted by atomic mass is 10.1. The Morgan fingerprint density at radius 1 is 1.19 bits per heavy atom. The normalized spacial score (nSPS) is 16.9. The molecular formula is C11H13NO4. The van der Waals surface area contributed by atoms with Gasteiger partial charge in [0.15, 0.2) is 0 Å². The molecule has 1 atom stereocenters. The summed E-state index contributed by atoms with van der Waals surface area (Å²) in [6.45, 7) is 0. The number of carboxylic acids is 2. The average Bonchev–Trinajstić information content (AvgIpc) is 2.62. The van der Waals surface area contributed by atoms with E-state index in [1.807, 2.05) is 0 Å². The van der Waals surface area contributed by atoms with Crippen LogP contribution in [0.5, 0.6) is 0 Å². The van der Waals surface area contributed by atoms with Crippen LogP contribution < -0.4 is 5.73 Å². The van der Waals surface area contributed by atoms with Crippen molar-refractivity contribution in [2.24, 2.45) is 5.73 Å². The molecule has 1 aromatic carbocycles. The minimum atomic E-state index is -1.82. The van der Waals surface area contributed by atoms with Gasteiger partial charge in [-0.1, -0.05) is 24.3 Å². The molecule has 0 heterocycles. The maximum atomic E-state index is 9.10. The molecule has 4 N–H and O–H groups in total. The molecule has 0 spiro atoms. The van der Waals surface area contributed by atoms with Crippen molar-refractivity contribution in [3.05, 3.63) is 35.4 Å². The standard InChI is InChI=1S/C9H11N.C2H2O4/c10-9-6-5-7-3-1-2-4-8(7)9;3-1(4)2(5)6/h1-4,9H,5-6,10H2;(H,3,4)(H,5,6). The molecule has 1 aromatic rings. The second kappa shape index (κ2) is 5.27. The highest BCUT2D eigenvalue weighted by atomic mass is 16.4. The van der Waals surface area contributed by atoms with E-state index in [4.69, 9.17) is 25.5 Å². The van der Waals surface area contributed by atoms with E-state index in [9.17, 15) is 0 Å². The Kier molecular flexibility index (Phi) is 4.02. The third kappa shape index (κ3) is 3.06. The highest BCUT2D eigenvalue weighted by molar-refractivity contribution is 6.27. The van der Waals surface area contributed by atoms with E-state index < -0.39 is 11.9 Å². The average molecular weight is 223 g/mol. The van der Waals surface area contributed by atoms with Crippen LogP contribution in [0, 0.1) is 0 Å². The molecular weight excluding hydrogens is 210 g/mol. The fourth-order valence-corrected chi connectivity index (χ4v) is 1.59. The van der Waals surface area contributed by atoms with Crippen LogP contribution in [0.4, 0.5) is 0 Å². The van der Waals surface area contributed by atoms with Gasteiger partial charge in [0.05, 0.1) is 0 Å². The Labute approximate surface area is 92.5 Å². The van der Waals surface area contributed by atoms with E-state index in [0.717, 1.165) is 12.8 Å². The fourth-order valence-electron chi connectivity index (χ4n) is 1.59. The Morgan fingerprint density at radius 2 is 1.75 bits per heavy atom. The summed E-state index contributed by atoms with van der Waals surface area (Å²) in [6.07, 6.45) is 2.29. The van der Waals surface area contributed by atoms with Crippen LogP contribution in [0.3, 0.4) is 0 Å².